The minimum absolute atomic E-state index is 0.160. The summed E-state index contributed by atoms with van der Waals surface area (Å²) in [7, 11) is 0. The molecular formula is C21H21N3O4. The number of aryl methyl sites for hydroxylation is 1. The van der Waals surface area contributed by atoms with Gasteiger partial charge in [0.1, 0.15) is 0 Å². The first-order chi connectivity index (χ1) is 13.5. The third kappa shape index (κ3) is 3.38. The highest BCUT2D eigenvalue weighted by molar-refractivity contribution is 6.06. The molecule has 2 heterocycles. The van der Waals surface area contributed by atoms with Crippen molar-refractivity contribution in [3.63, 3.8) is 0 Å². The van der Waals surface area contributed by atoms with E-state index in [-0.39, 0.29) is 18.7 Å². The zero-order valence-corrected chi connectivity index (χ0v) is 15.7. The molecular weight excluding hydrogens is 358 g/mol. The van der Waals surface area contributed by atoms with Crippen LogP contribution in [0.1, 0.15) is 31.0 Å². The Labute approximate surface area is 162 Å². The molecule has 0 saturated carbocycles. The number of hydrogen-bond donors (Lipinski definition) is 3. The summed E-state index contributed by atoms with van der Waals surface area (Å²) >= 11 is 0. The van der Waals surface area contributed by atoms with Gasteiger partial charge in [-0.1, -0.05) is 25.1 Å². The lowest BCUT2D eigenvalue weighted by Crippen LogP contribution is -2.45. The normalized spacial score (nSPS) is 17.8. The number of fused-ring (bicyclic) bond motifs is 1. The topological polar surface area (TPSA) is 88.7 Å². The van der Waals surface area contributed by atoms with Gasteiger partial charge in [-0.2, -0.15) is 0 Å². The zero-order valence-electron chi connectivity index (χ0n) is 15.7. The summed E-state index contributed by atoms with van der Waals surface area (Å²) in [4.78, 5) is 25.1. The van der Waals surface area contributed by atoms with Crippen LogP contribution in [0.15, 0.2) is 53.7 Å². The molecule has 3 amide bonds. The van der Waals surface area contributed by atoms with Gasteiger partial charge >= 0.3 is 6.03 Å². The van der Waals surface area contributed by atoms with E-state index in [0.717, 1.165) is 12.0 Å². The van der Waals surface area contributed by atoms with E-state index in [9.17, 15) is 9.59 Å². The molecule has 2 aromatic carbocycles. The maximum Gasteiger partial charge on any atom is 0.319 e. The van der Waals surface area contributed by atoms with Crippen molar-refractivity contribution in [2.75, 3.05) is 12.1 Å². The molecule has 0 spiro atoms. The lowest BCUT2D eigenvalue weighted by atomic mass is 9.94. The zero-order chi connectivity index (χ0) is 19.7. The third-order valence-electron chi connectivity index (χ3n) is 4.86. The number of rotatable bonds is 4. The van der Waals surface area contributed by atoms with Crippen LogP contribution < -0.4 is 25.4 Å². The summed E-state index contributed by atoms with van der Waals surface area (Å²) in [5.74, 6) is 0.960. The molecule has 2 aromatic rings. The second kappa shape index (κ2) is 7.26. The highest BCUT2D eigenvalue weighted by Gasteiger charge is 2.32. The van der Waals surface area contributed by atoms with E-state index in [1.54, 1.807) is 19.1 Å². The van der Waals surface area contributed by atoms with Crippen LogP contribution in [-0.4, -0.2) is 18.7 Å². The SMILES string of the molecule is CCc1ccc(NC(=O)C2=C(C)NC(=O)NC2c2ccc3c(c2)OCO3)cc1. The second-order valence-electron chi connectivity index (χ2n) is 6.69. The highest BCUT2D eigenvalue weighted by Crippen LogP contribution is 2.37. The number of anilines is 1. The van der Waals surface area contributed by atoms with Gasteiger partial charge in [0.25, 0.3) is 5.91 Å². The van der Waals surface area contributed by atoms with Crippen molar-refractivity contribution in [3.8, 4) is 11.5 Å². The van der Waals surface area contributed by atoms with E-state index >= 15 is 0 Å². The molecule has 0 saturated heterocycles. The number of nitrogens with one attached hydrogen (secondary N) is 3. The number of amides is 3. The molecule has 1 unspecified atom stereocenters. The maximum atomic E-state index is 13.0. The van der Waals surface area contributed by atoms with Gasteiger partial charge in [-0.25, -0.2) is 4.79 Å². The quantitative estimate of drug-likeness (QED) is 0.761. The van der Waals surface area contributed by atoms with Crippen molar-refractivity contribution < 1.29 is 19.1 Å². The van der Waals surface area contributed by atoms with Crippen LogP contribution in [0, 0.1) is 0 Å². The summed E-state index contributed by atoms with van der Waals surface area (Å²) < 4.78 is 10.8. The Balaban J connectivity index is 1.64. The van der Waals surface area contributed by atoms with Crippen LogP contribution in [0.4, 0.5) is 10.5 Å². The van der Waals surface area contributed by atoms with Crippen LogP contribution in [0.5, 0.6) is 11.5 Å². The van der Waals surface area contributed by atoms with Gasteiger partial charge < -0.3 is 25.4 Å². The molecule has 1 atom stereocenters. The van der Waals surface area contributed by atoms with Crippen LogP contribution in [0.3, 0.4) is 0 Å². The third-order valence-corrected chi connectivity index (χ3v) is 4.86. The van der Waals surface area contributed by atoms with Gasteiger partial charge in [0, 0.05) is 11.4 Å². The first-order valence-corrected chi connectivity index (χ1v) is 9.13. The van der Waals surface area contributed by atoms with Gasteiger partial charge in [0.2, 0.25) is 6.79 Å². The molecule has 3 N–H and O–H groups in total. The fourth-order valence-corrected chi connectivity index (χ4v) is 3.36. The number of carbonyl (C=O) groups excluding carboxylic acids is 2. The molecule has 28 heavy (non-hydrogen) atoms. The summed E-state index contributed by atoms with van der Waals surface area (Å²) in [5.41, 5.74) is 3.58. The lowest BCUT2D eigenvalue weighted by Gasteiger charge is -2.28. The second-order valence-corrected chi connectivity index (χ2v) is 6.69. The Kier molecular flexibility index (Phi) is 4.65. The van der Waals surface area contributed by atoms with Gasteiger partial charge in [-0.3, -0.25) is 4.79 Å². The Morgan fingerprint density at radius 2 is 1.89 bits per heavy atom. The predicted octanol–water partition coefficient (Wildman–Crippen LogP) is 3.24. The minimum atomic E-state index is -0.599. The number of ether oxygens (including phenoxy) is 2. The summed E-state index contributed by atoms with van der Waals surface area (Å²) in [6, 6.07) is 12.1. The van der Waals surface area contributed by atoms with E-state index in [4.69, 9.17) is 9.47 Å². The van der Waals surface area contributed by atoms with E-state index in [0.29, 0.717) is 28.5 Å². The molecule has 0 fully saturated rings. The van der Waals surface area contributed by atoms with Gasteiger partial charge in [0.05, 0.1) is 11.6 Å². The average Bonchev–Trinajstić information content (AvgIpc) is 3.15. The predicted molar refractivity (Wildman–Crippen MR) is 104 cm³/mol. The van der Waals surface area contributed by atoms with E-state index in [1.165, 1.54) is 5.56 Å². The Morgan fingerprint density at radius 3 is 2.64 bits per heavy atom. The molecule has 0 bridgehead atoms. The standard InChI is InChI=1S/C21H21N3O4/c1-3-13-4-7-15(8-5-13)23-20(25)18-12(2)22-21(26)24-19(18)14-6-9-16-17(10-14)28-11-27-16/h4-10,19H,3,11H2,1-2H3,(H,23,25)(H2,22,24,26). The highest BCUT2D eigenvalue weighted by atomic mass is 16.7. The molecule has 0 radical (unpaired) electrons. The smallest absolute Gasteiger partial charge is 0.319 e. The van der Waals surface area contributed by atoms with Crippen LogP contribution in [0.2, 0.25) is 0 Å². The van der Waals surface area contributed by atoms with Crippen molar-refractivity contribution in [2.45, 2.75) is 26.3 Å². The average molecular weight is 379 g/mol. The fraction of sp³-hybridized carbons (Fsp3) is 0.238. The van der Waals surface area contributed by atoms with Crippen molar-refractivity contribution in [3.05, 3.63) is 64.9 Å². The summed E-state index contributed by atoms with van der Waals surface area (Å²) in [6.07, 6.45) is 0.931. The molecule has 2 aliphatic rings. The molecule has 144 valence electrons. The van der Waals surface area contributed by atoms with Crippen molar-refractivity contribution >= 4 is 17.6 Å². The van der Waals surface area contributed by atoms with E-state index in [1.807, 2.05) is 30.3 Å². The van der Waals surface area contributed by atoms with Crippen molar-refractivity contribution in [2.24, 2.45) is 0 Å². The first kappa shape index (κ1) is 17.9. The van der Waals surface area contributed by atoms with Crippen LogP contribution in [-0.2, 0) is 11.2 Å². The number of hydrogen-bond acceptors (Lipinski definition) is 4. The number of allylic oxidation sites excluding steroid dienone is 1. The first-order valence-electron chi connectivity index (χ1n) is 9.13. The molecule has 0 aliphatic carbocycles. The van der Waals surface area contributed by atoms with Crippen LogP contribution in [0.25, 0.3) is 0 Å². The molecule has 7 nitrogen and oxygen atoms in total. The Bertz CT molecular complexity index is 966. The largest absolute Gasteiger partial charge is 0.454 e. The van der Waals surface area contributed by atoms with Gasteiger partial charge in [0.15, 0.2) is 11.5 Å². The van der Waals surface area contributed by atoms with E-state index in [2.05, 4.69) is 22.9 Å². The molecule has 4 rings (SSSR count). The lowest BCUT2D eigenvalue weighted by molar-refractivity contribution is -0.113. The molecule has 7 heteroatoms. The van der Waals surface area contributed by atoms with Crippen molar-refractivity contribution in [1.29, 1.82) is 0 Å². The Hall–Kier alpha value is -3.48. The van der Waals surface area contributed by atoms with E-state index < -0.39 is 6.04 Å². The number of benzene rings is 2. The molecule has 0 aromatic heterocycles. The minimum Gasteiger partial charge on any atom is -0.454 e. The fourth-order valence-electron chi connectivity index (χ4n) is 3.36. The number of urea groups is 1. The monoisotopic (exact) mass is 379 g/mol. The maximum absolute atomic E-state index is 13.0. The van der Waals surface area contributed by atoms with Crippen LogP contribution >= 0.6 is 0 Å². The summed E-state index contributed by atoms with van der Waals surface area (Å²) in [5, 5.41) is 8.42. The summed E-state index contributed by atoms with van der Waals surface area (Å²) in [6.45, 7) is 3.95. The number of carbonyl (C=O) groups is 2. The van der Waals surface area contributed by atoms with Gasteiger partial charge in [-0.05, 0) is 48.7 Å². The Morgan fingerprint density at radius 1 is 1.14 bits per heavy atom. The molecule has 2 aliphatic heterocycles. The van der Waals surface area contributed by atoms with Crippen molar-refractivity contribution in [1.82, 2.24) is 10.6 Å². The van der Waals surface area contributed by atoms with Gasteiger partial charge in [-0.15, -0.1) is 0 Å².